The van der Waals surface area contributed by atoms with Gasteiger partial charge in [-0.15, -0.1) is 0 Å². The van der Waals surface area contributed by atoms with Crippen LogP contribution in [0.5, 0.6) is 5.75 Å². The number of ether oxygens (including phenoxy) is 1. The van der Waals surface area contributed by atoms with Crippen LogP contribution in [0.1, 0.15) is 18.9 Å². The quantitative estimate of drug-likeness (QED) is 0.870. The average molecular weight is 320 g/mol. The number of nitrogens with zero attached hydrogens (tertiary/aromatic N) is 2. The molecule has 1 saturated heterocycles. The Kier molecular flexibility index (Phi) is 4.22. The third kappa shape index (κ3) is 2.89. The second-order valence-electron chi connectivity index (χ2n) is 5.44. The Bertz CT molecular complexity index is 700. The highest BCUT2D eigenvalue weighted by molar-refractivity contribution is 7.89. The lowest BCUT2D eigenvalue weighted by Crippen LogP contribution is -2.38. The van der Waals surface area contributed by atoms with Gasteiger partial charge >= 0.3 is 0 Å². The molecular formula is C16H20N2O3S. The summed E-state index contributed by atoms with van der Waals surface area (Å²) in [7, 11) is -1.85. The SMILES string of the molecule is COc1ccc(S(=O)(=O)N2CCC(n3cccc3)CC2)cc1. The lowest BCUT2D eigenvalue weighted by Gasteiger charge is -2.32. The first-order valence-electron chi connectivity index (χ1n) is 7.38. The molecule has 1 aliphatic rings. The molecule has 0 amide bonds. The molecule has 0 saturated carbocycles. The van der Waals surface area contributed by atoms with Crippen LogP contribution < -0.4 is 4.74 Å². The highest BCUT2D eigenvalue weighted by Gasteiger charge is 2.29. The predicted octanol–water partition coefficient (Wildman–Crippen LogP) is 2.52. The number of piperidine rings is 1. The number of methoxy groups -OCH3 is 1. The standard InChI is InChI=1S/C16H20N2O3S/c1-21-15-4-6-16(7-5-15)22(19,20)18-12-8-14(9-13-18)17-10-2-3-11-17/h2-7,10-11,14H,8-9,12-13H2,1H3. The van der Waals surface area contributed by atoms with E-state index in [0.717, 1.165) is 12.8 Å². The molecule has 0 atom stereocenters. The zero-order valence-electron chi connectivity index (χ0n) is 12.6. The second-order valence-corrected chi connectivity index (χ2v) is 7.38. The molecule has 0 N–H and O–H groups in total. The second kappa shape index (κ2) is 6.14. The van der Waals surface area contributed by atoms with Gasteiger partial charge in [0.2, 0.25) is 10.0 Å². The summed E-state index contributed by atoms with van der Waals surface area (Å²) in [6.45, 7) is 1.11. The molecule has 1 aliphatic heterocycles. The van der Waals surface area contributed by atoms with Crippen LogP contribution in [0.2, 0.25) is 0 Å². The molecule has 0 bridgehead atoms. The maximum Gasteiger partial charge on any atom is 0.243 e. The zero-order chi connectivity index (χ0) is 15.6. The Morgan fingerprint density at radius 2 is 1.64 bits per heavy atom. The number of hydrogen-bond donors (Lipinski definition) is 0. The van der Waals surface area contributed by atoms with E-state index in [-0.39, 0.29) is 0 Å². The van der Waals surface area contributed by atoms with Gasteiger partial charge in [0.15, 0.2) is 0 Å². The number of rotatable bonds is 4. The van der Waals surface area contributed by atoms with E-state index >= 15 is 0 Å². The fraction of sp³-hybridized carbons (Fsp3) is 0.375. The van der Waals surface area contributed by atoms with Crippen molar-refractivity contribution in [2.45, 2.75) is 23.8 Å². The summed E-state index contributed by atoms with van der Waals surface area (Å²) in [5, 5.41) is 0. The van der Waals surface area contributed by atoms with Crippen molar-refractivity contribution in [3.8, 4) is 5.75 Å². The highest BCUT2D eigenvalue weighted by Crippen LogP contribution is 2.27. The molecule has 2 aromatic rings. The minimum absolute atomic E-state index is 0.327. The van der Waals surface area contributed by atoms with Crippen LogP contribution in [0.4, 0.5) is 0 Å². The molecule has 6 heteroatoms. The Labute approximate surface area is 131 Å². The minimum atomic E-state index is -3.41. The topological polar surface area (TPSA) is 51.5 Å². The van der Waals surface area contributed by atoms with Crippen LogP contribution in [-0.2, 0) is 10.0 Å². The first-order valence-corrected chi connectivity index (χ1v) is 8.82. The van der Waals surface area contributed by atoms with Gasteiger partial charge in [0, 0.05) is 31.5 Å². The summed E-state index contributed by atoms with van der Waals surface area (Å²) in [4.78, 5) is 0.327. The fourth-order valence-electron chi connectivity index (χ4n) is 2.87. The molecule has 1 fully saturated rings. The monoisotopic (exact) mass is 320 g/mol. The Hall–Kier alpha value is -1.79. The van der Waals surface area contributed by atoms with Gasteiger partial charge in [-0.05, 0) is 49.2 Å². The Balaban J connectivity index is 1.71. The normalized spacial score (nSPS) is 17.5. The maximum atomic E-state index is 12.7. The molecule has 0 spiro atoms. The van der Waals surface area contributed by atoms with Crippen molar-refractivity contribution in [3.05, 3.63) is 48.8 Å². The molecule has 1 aromatic heterocycles. The molecule has 1 aromatic carbocycles. The van der Waals surface area contributed by atoms with E-state index in [4.69, 9.17) is 4.74 Å². The molecule has 0 unspecified atom stereocenters. The Morgan fingerprint density at radius 3 is 2.18 bits per heavy atom. The van der Waals surface area contributed by atoms with Crippen molar-refractivity contribution in [1.82, 2.24) is 8.87 Å². The molecule has 3 rings (SSSR count). The summed E-state index contributed by atoms with van der Waals surface area (Å²) in [6, 6.07) is 11.0. The lowest BCUT2D eigenvalue weighted by atomic mass is 10.1. The van der Waals surface area contributed by atoms with Crippen LogP contribution in [0.3, 0.4) is 0 Å². The van der Waals surface area contributed by atoms with E-state index in [1.165, 1.54) is 0 Å². The summed E-state index contributed by atoms with van der Waals surface area (Å²) < 4.78 is 34.1. The van der Waals surface area contributed by atoms with E-state index in [1.807, 2.05) is 24.5 Å². The number of aromatic nitrogens is 1. The largest absolute Gasteiger partial charge is 0.497 e. The Morgan fingerprint density at radius 1 is 1.05 bits per heavy atom. The smallest absolute Gasteiger partial charge is 0.243 e. The van der Waals surface area contributed by atoms with Gasteiger partial charge in [-0.2, -0.15) is 4.31 Å². The van der Waals surface area contributed by atoms with Crippen LogP contribution in [0, 0.1) is 0 Å². The summed E-state index contributed by atoms with van der Waals surface area (Å²) in [5.41, 5.74) is 0. The number of sulfonamides is 1. The van der Waals surface area contributed by atoms with Crippen molar-refractivity contribution in [1.29, 1.82) is 0 Å². The van der Waals surface area contributed by atoms with E-state index in [2.05, 4.69) is 4.57 Å². The lowest BCUT2D eigenvalue weighted by molar-refractivity contribution is 0.274. The molecule has 5 nitrogen and oxygen atoms in total. The van der Waals surface area contributed by atoms with Crippen molar-refractivity contribution < 1.29 is 13.2 Å². The fourth-order valence-corrected chi connectivity index (χ4v) is 4.34. The van der Waals surface area contributed by atoms with Crippen molar-refractivity contribution >= 4 is 10.0 Å². The minimum Gasteiger partial charge on any atom is -0.497 e. The number of hydrogen-bond acceptors (Lipinski definition) is 3. The molecule has 2 heterocycles. The van der Waals surface area contributed by atoms with Crippen LogP contribution >= 0.6 is 0 Å². The van der Waals surface area contributed by atoms with E-state index in [9.17, 15) is 8.42 Å². The first kappa shape index (κ1) is 15.1. The third-order valence-electron chi connectivity index (χ3n) is 4.17. The van der Waals surface area contributed by atoms with E-state index < -0.39 is 10.0 Å². The van der Waals surface area contributed by atoms with Crippen LogP contribution in [0.15, 0.2) is 53.7 Å². The first-order chi connectivity index (χ1) is 10.6. The van der Waals surface area contributed by atoms with Crippen LogP contribution in [-0.4, -0.2) is 37.5 Å². The molecule has 0 radical (unpaired) electrons. The molecular weight excluding hydrogens is 300 g/mol. The maximum absolute atomic E-state index is 12.7. The summed E-state index contributed by atoms with van der Waals surface area (Å²) in [5.74, 6) is 0.658. The van der Waals surface area contributed by atoms with Gasteiger partial charge in [0.1, 0.15) is 5.75 Å². The van der Waals surface area contributed by atoms with Gasteiger partial charge in [0.25, 0.3) is 0 Å². The zero-order valence-corrected chi connectivity index (χ0v) is 13.4. The molecule has 0 aliphatic carbocycles. The average Bonchev–Trinajstić information content (AvgIpc) is 3.09. The van der Waals surface area contributed by atoms with Crippen molar-refractivity contribution in [2.75, 3.05) is 20.2 Å². The molecule has 22 heavy (non-hydrogen) atoms. The summed E-state index contributed by atoms with van der Waals surface area (Å²) >= 11 is 0. The third-order valence-corrected chi connectivity index (χ3v) is 6.08. The molecule has 118 valence electrons. The van der Waals surface area contributed by atoms with Gasteiger partial charge in [0.05, 0.1) is 12.0 Å². The highest BCUT2D eigenvalue weighted by atomic mass is 32.2. The van der Waals surface area contributed by atoms with Crippen molar-refractivity contribution in [3.63, 3.8) is 0 Å². The summed E-state index contributed by atoms with van der Waals surface area (Å²) in [6.07, 6.45) is 5.75. The number of benzene rings is 1. The van der Waals surface area contributed by atoms with E-state index in [1.54, 1.807) is 35.7 Å². The van der Waals surface area contributed by atoms with Gasteiger partial charge in [-0.3, -0.25) is 0 Å². The predicted molar refractivity (Wildman–Crippen MR) is 84.5 cm³/mol. The van der Waals surface area contributed by atoms with Crippen molar-refractivity contribution in [2.24, 2.45) is 0 Å². The van der Waals surface area contributed by atoms with E-state index in [0.29, 0.717) is 29.8 Å². The van der Waals surface area contributed by atoms with Crippen LogP contribution in [0.25, 0.3) is 0 Å². The van der Waals surface area contributed by atoms with Gasteiger partial charge < -0.3 is 9.30 Å². The van der Waals surface area contributed by atoms with Gasteiger partial charge in [-0.25, -0.2) is 8.42 Å². The van der Waals surface area contributed by atoms with Gasteiger partial charge in [-0.1, -0.05) is 0 Å².